The number of ether oxygens (including phenoxy) is 2. The summed E-state index contributed by atoms with van der Waals surface area (Å²) in [5.41, 5.74) is 2.16. The van der Waals surface area contributed by atoms with Crippen molar-refractivity contribution in [2.75, 3.05) is 13.7 Å². The molecule has 0 fully saturated rings. The highest BCUT2D eigenvalue weighted by atomic mass is 35.5. The predicted octanol–water partition coefficient (Wildman–Crippen LogP) is 2.95. The lowest BCUT2D eigenvalue weighted by Crippen LogP contribution is -2.16. The fourth-order valence-corrected chi connectivity index (χ4v) is 3.43. The topological polar surface area (TPSA) is 109 Å². The highest BCUT2D eigenvalue weighted by Crippen LogP contribution is 2.26. The van der Waals surface area contributed by atoms with Crippen LogP contribution in [0.2, 0.25) is 5.02 Å². The Morgan fingerprint density at radius 1 is 1.16 bits per heavy atom. The zero-order valence-corrected chi connectivity index (χ0v) is 18.2. The molecular formula is C21H22ClN5O4. The number of methoxy groups -OCH3 is 1. The van der Waals surface area contributed by atoms with Gasteiger partial charge in [-0.25, -0.2) is 9.78 Å². The van der Waals surface area contributed by atoms with Crippen LogP contribution in [-0.4, -0.2) is 50.4 Å². The molecule has 0 saturated carbocycles. The lowest BCUT2D eigenvalue weighted by atomic mass is 9.95. The van der Waals surface area contributed by atoms with Crippen molar-refractivity contribution in [2.45, 2.75) is 32.8 Å². The van der Waals surface area contributed by atoms with Crippen molar-refractivity contribution in [1.82, 2.24) is 25.0 Å². The maximum absolute atomic E-state index is 12.8. The number of carbonyl (C=O) groups excluding carboxylic acids is 2. The molecule has 3 rings (SSSR count). The lowest BCUT2D eigenvalue weighted by Gasteiger charge is -2.18. The third-order valence-electron chi connectivity index (χ3n) is 4.60. The van der Waals surface area contributed by atoms with Crippen LogP contribution in [0.5, 0.6) is 0 Å². The molecule has 1 unspecified atom stereocenters. The van der Waals surface area contributed by atoms with Crippen molar-refractivity contribution in [2.24, 2.45) is 0 Å². The minimum Gasteiger partial charge on any atom is -0.462 e. The van der Waals surface area contributed by atoms with Crippen LogP contribution in [0.1, 0.15) is 47.0 Å². The first-order valence-corrected chi connectivity index (χ1v) is 10.0. The third kappa shape index (κ3) is 5.31. The maximum atomic E-state index is 12.8. The van der Waals surface area contributed by atoms with Gasteiger partial charge in [0.05, 0.1) is 35.7 Å². The zero-order valence-electron chi connectivity index (χ0n) is 17.4. The monoisotopic (exact) mass is 443 g/mol. The number of carbonyl (C=O) groups is 2. The van der Waals surface area contributed by atoms with Crippen LogP contribution >= 0.6 is 11.6 Å². The number of pyridine rings is 2. The molecule has 3 aromatic heterocycles. The second-order valence-electron chi connectivity index (χ2n) is 6.72. The van der Waals surface area contributed by atoms with Crippen molar-refractivity contribution in [3.8, 4) is 5.82 Å². The molecule has 162 valence electrons. The standard InChI is InChI=1S/C21H22ClN5O4/c1-4-31-21(29)17-12-23-11-15(19(17)13(2)30-3)9-16(28)7-14-8-18(22)20(24-10-14)27-25-5-6-26-27/h5-6,8,10-13H,4,7,9H2,1-3H3. The van der Waals surface area contributed by atoms with Gasteiger partial charge in [0.25, 0.3) is 0 Å². The second-order valence-corrected chi connectivity index (χ2v) is 7.13. The molecule has 0 spiro atoms. The Bertz CT molecular complexity index is 1070. The van der Waals surface area contributed by atoms with E-state index in [-0.39, 0.29) is 25.2 Å². The van der Waals surface area contributed by atoms with E-state index in [1.165, 1.54) is 30.5 Å². The summed E-state index contributed by atoms with van der Waals surface area (Å²) in [5, 5.41) is 8.33. The Balaban J connectivity index is 1.81. The molecule has 0 aliphatic rings. The van der Waals surface area contributed by atoms with E-state index in [2.05, 4.69) is 20.2 Å². The van der Waals surface area contributed by atoms with E-state index in [0.717, 1.165) is 0 Å². The Morgan fingerprint density at radius 3 is 2.55 bits per heavy atom. The summed E-state index contributed by atoms with van der Waals surface area (Å²) in [5.74, 6) is -0.206. The average Bonchev–Trinajstić information content (AvgIpc) is 3.27. The maximum Gasteiger partial charge on any atom is 0.340 e. The average molecular weight is 444 g/mol. The highest BCUT2D eigenvalue weighted by Gasteiger charge is 2.23. The summed E-state index contributed by atoms with van der Waals surface area (Å²) in [6.07, 6.45) is 7.38. The summed E-state index contributed by atoms with van der Waals surface area (Å²) in [6.45, 7) is 3.77. The Hall–Kier alpha value is -3.17. The van der Waals surface area contributed by atoms with E-state index >= 15 is 0 Å². The van der Waals surface area contributed by atoms with Crippen LogP contribution in [0.3, 0.4) is 0 Å². The number of ketones is 1. The van der Waals surface area contributed by atoms with E-state index in [1.54, 1.807) is 32.3 Å². The molecule has 9 nitrogen and oxygen atoms in total. The molecule has 0 saturated heterocycles. The van der Waals surface area contributed by atoms with E-state index < -0.39 is 12.1 Å². The molecule has 3 heterocycles. The van der Waals surface area contributed by atoms with Gasteiger partial charge in [0.2, 0.25) is 0 Å². The molecular weight excluding hydrogens is 422 g/mol. The van der Waals surface area contributed by atoms with Gasteiger partial charge >= 0.3 is 5.97 Å². The molecule has 10 heteroatoms. The van der Waals surface area contributed by atoms with E-state index in [9.17, 15) is 9.59 Å². The van der Waals surface area contributed by atoms with Crippen molar-refractivity contribution in [1.29, 1.82) is 0 Å². The number of halogens is 1. The number of esters is 1. The largest absolute Gasteiger partial charge is 0.462 e. The van der Waals surface area contributed by atoms with Crippen LogP contribution in [0, 0.1) is 0 Å². The first-order chi connectivity index (χ1) is 14.9. The Morgan fingerprint density at radius 2 is 1.90 bits per heavy atom. The van der Waals surface area contributed by atoms with Gasteiger partial charge in [-0.3, -0.25) is 9.78 Å². The van der Waals surface area contributed by atoms with Gasteiger partial charge in [0.1, 0.15) is 5.78 Å². The molecule has 0 aliphatic heterocycles. The van der Waals surface area contributed by atoms with Gasteiger partial charge in [-0.15, -0.1) is 4.80 Å². The smallest absolute Gasteiger partial charge is 0.340 e. The van der Waals surface area contributed by atoms with E-state index in [0.29, 0.717) is 33.1 Å². The summed E-state index contributed by atoms with van der Waals surface area (Å²) in [4.78, 5) is 34.8. The Labute approximate surface area is 184 Å². The fraction of sp³-hybridized carbons (Fsp3) is 0.333. The first kappa shape index (κ1) is 22.5. The summed E-state index contributed by atoms with van der Waals surface area (Å²) < 4.78 is 10.5. The summed E-state index contributed by atoms with van der Waals surface area (Å²) in [7, 11) is 1.54. The summed E-state index contributed by atoms with van der Waals surface area (Å²) in [6, 6.07) is 1.66. The SMILES string of the molecule is CCOC(=O)c1cncc(CC(=O)Cc2cnc(-n3nccn3)c(Cl)c2)c1C(C)OC. The number of rotatable bonds is 9. The quantitative estimate of drug-likeness (QED) is 0.464. The van der Waals surface area contributed by atoms with Crippen LogP contribution in [-0.2, 0) is 27.1 Å². The molecule has 3 aromatic rings. The minimum absolute atomic E-state index is 0.0728. The molecule has 0 aliphatic carbocycles. The van der Waals surface area contributed by atoms with Gasteiger partial charge < -0.3 is 9.47 Å². The third-order valence-corrected chi connectivity index (χ3v) is 4.88. The number of aromatic nitrogens is 5. The van der Waals surface area contributed by atoms with Gasteiger partial charge in [-0.1, -0.05) is 11.6 Å². The van der Waals surface area contributed by atoms with Gasteiger partial charge in [0, 0.05) is 44.1 Å². The number of hydrogen-bond acceptors (Lipinski definition) is 8. The highest BCUT2D eigenvalue weighted by molar-refractivity contribution is 6.32. The van der Waals surface area contributed by atoms with E-state index in [4.69, 9.17) is 21.1 Å². The number of hydrogen-bond donors (Lipinski definition) is 0. The Kier molecular flexibility index (Phi) is 7.43. The molecule has 0 radical (unpaired) electrons. The van der Waals surface area contributed by atoms with Crippen LogP contribution in [0.15, 0.2) is 37.1 Å². The molecule has 0 aromatic carbocycles. The number of Topliss-reactive ketones (excluding diaryl/α,β-unsaturated/α-hetero) is 1. The van der Waals surface area contributed by atoms with E-state index in [1.807, 2.05) is 0 Å². The fourth-order valence-electron chi connectivity index (χ4n) is 3.17. The molecule has 1 atom stereocenters. The van der Waals surface area contributed by atoms with Crippen molar-refractivity contribution >= 4 is 23.4 Å². The summed E-state index contributed by atoms with van der Waals surface area (Å²) >= 11 is 6.28. The van der Waals surface area contributed by atoms with Gasteiger partial charge in [-0.05, 0) is 31.0 Å². The predicted molar refractivity (Wildman–Crippen MR) is 112 cm³/mol. The van der Waals surface area contributed by atoms with Gasteiger partial charge in [-0.2, -0.15) is 10.2 Å². The normalized spacial score (nSPS) is 11.9. The van der Waals surface area contributed by atoms with Crippen LogP contribution in [0.25, 0.3) is 5.82 Å². The molecule has 31 heavy (non-hydrogen) atoms. The number of nitrogens with zero attached hydrogens (tertiary/aromatic N) is 5. The molecule has 0 bridgehead atoms. The first-order valence-electron chi connectivity index (χ1n) is 9.64. The minimum atomic E-state index is -0.498. The lowest BCUT2D eigenvalue weighted by molar-refractivity contribution is -0.117. The van der Waals surface area contributed by atoms with Gasteiger partial charge in [0.15, 0.2) is 5.82 Å². The zero-order chi connectivity index (χ0) is 22.4. The molecule has 0 amide bonds. The molecule has 0 N–H and O–H groups in total. The van der Waals surface area contributed by atoms with Crippen molar-refractivity contribution in [3.63, 3.8) is 0 Å². The van der Waals surface area contributed by atoms with Crippen molar-refractivity contribution < 1.29 is 19.1 Å². The second kappa shape index (κ2) is 10.2. The van der Waals surface area contributed by atoms with Crippen molar-refractivity contribution in [3.05, 3.63) is 64.3 Å². The van der Waals surface area contributed by atoms with Crippen LogP contribution in [0.4, 0.5) is 0 Å². The van der Waals surface area contributed by atoms with Crippen LogP contribution < -0.4 is 0 Å².